The molecule has 0 bridgehead atoms. The predicted molar refractivity (Wildman–Crippen MR) is 67.5 cm³/mol. The van der Waals surface area contributed by atoms with E-state index < -0.39 is 0 Å². The van der Waals surface area contributed by atoms with E-state index in [0.29, 0.717) is 6.79 Å². The normalized spacial score (nSPS) is 14.9. The molecule has 3 rings (SSSR count). The quantitative estimate of drug-likeness (QED) is 0.907. The summed E-state index contributed by atoms with van der Waals surface area (Å²) < 4.78 is 10.6. The third kappa shape index (κ3) is 2.14. The highest BCUT2D eigenvalue weighted by Crippen LogP contribution is 2.34. The minimum absolute atomic E-state index is 0.000833. The molecule has 0 aliphatic carbocycles. The Hall–Kier alpha value is -1.52. The third-order valence-electron chi connectivity index (χ3n) is 2.86. The summed E-state index contributed by atoms with van der Waals surface area (Å²) in [6, 6.07) is 8.01. The SMILES string of the molecule is NC(Cc1ccsc1)c1ccc2c(c1)OCO2. The van der Waals surface area contributed by atoms with Gasteiger partial charge >= 0.3 is 0 Å². The van der Waals surface area contributed by atoms with Crippen molar-refractivity contribution in [3.63, 3.8) is 0 Å². The first-order chi connectivity index (χ1) is 8.33. The average molecular weight is 247 g/mol. The zero-order valence-electron chi connectivity index (χ0n) is 9.26. The van der Waals surface area contributed by atoms with Crippen LogP contribution >= 0.6 is 11.3 Å². The van der Waals surface area contributed by atoms with Gasteiger partial charge in [-0.05, 0) is 46.5 Å². The lowest BCUT2D eigenvalue weighted by Gasteiger charge is -2.11. The topological polar surface area (TPSA) is 44.5 Å². The van der Waals surface area contributed by atoms with Gasteiger partial charge in [0.05, 0.1) is 0 Å². The molecule has 0 radical (unpaired) electrons. The fraction of sp³-hybridized carbons (Fsp3) is 0.231. The Morgan fingerprint density at radius 2 is 2.12 bits per heavy atom. The van der Waals surface area contributed by atoms with Crippen LogP contribution in [0.2, 0.25) is 0 Å². The monoisotopic (exact) mass is 247 g/mol. The molecule has 0 saturated heterocycles. The summed E-state index contributed by atoms with van der Waals surface area (Å²) in [6.45, 7) is 0.304. The van der Waals surface area contributed by atoms with E-state index >= 15 is 0 Å². The second-order valence-corrected chi connectivity index (χ2v) is 4.83. The van der Waals surface area contributed by atoms with Crippen molar-refractivity contribution < 1.29 is 9.47 Å². The Labute approximate surface area is 104 Å². The molecular formula is C13H13NO2S. The molecule has 17 heavy (non-hydrogen) atoms. The second-order valence-electron chi connectivity index (χ2n) is 4.05. The van der Waals surface area contributed by atoms with Crippen molar-refractivity contribution in [2.24, 2.45) is 5.73 Å². The van der Waals surface area contributed by atoms with Crippen molar-refractivity contribution in [3.05, 3.63) is 46.2 Å². The van der Waals surface area contributed by atoms with Crippen LogP contribution in [0.1, 0.15) is 17.2 Å². The molecule has 2 aromatic rings. The highest BCUT2D eigenvalue weighted by atomic mass is 32.1. The minimum Gasteiger partial charge on any atom is -0.454 e. The molecule has 0 spiro atoms. The maximum absolute atomic E-state index is 6.19. The molecule has 1 atom stereocenters. The van der Waals surface area contributed by atoms with Gasteiger partial charge in [-0.15, -0.1) is 0 Å². The van der Waals surface area contributed by atoms with E-state index in [2.05, 4.69) is 16.8 Å². The summed E-state index contributed by atoms with van der Waals surface area (Å²) in [6.07, 6.45) is 0.850. The van der Waals surface area contributed by atoms with Crippen LogP contribution in [0.5, 0.6) is 11.5 Å². The van der Waals surface area contributed by atoms with Gasteiger partial charge in [0.25, 0.3) is 0 Å². The standard InChI is InChI=1S/C13H13NO2S/c14-11(5-9-3-4-17-7-9)10-1-2-12-13(6-10)16-8-15-12/h1-4,6-7,11H,5,8,14H2. The first-order valence-corrected chi connectivity index (χ1v) is 6.43. The van der Waals surface area contributed by atoms with Crippen molar-refractivity contribution >= 4 is 11.3 Å². The Morgan fingerprint density at radius 1 is 1.24 bits per heavy atom. The minimum atomic E-state index is -0.000833. The molecule has 4 heteroatoms. The largest absolute Gasteiger partial charge is 0.454 e. The molecule has 1 aromatic heterocycles. The van der Waals surface area contributed by atoms with Crippen molar-refractivity contribution in [1.82, 2.24) is 0 Å². The number of fused-ring (bicyclic) bond motifs is 1. The van der Waals surface area contributed by atoms with E-state index in [1.54, 1.807) is 11.3 Å². The predicted octanol–water partition coefficient (Wildman–Crippen LogP) is 2.72. The zero-order valence-corrected chi connectivity index (χ0v) is 10.1. The highest BCUT2D eigenvalue weighted by Gasteiger charge is 2.16. The van der Waals surface area contributed by atoms with Crippen molar-refractivity contribution in [3.8, 4) is 11.5 Å². The van der Waals surface area contributed by atoms with Gasteiger partial charge in [-0.2, -0.15) is 11.3 Å². The van der Waals surface area contributed by atoms with E-state index in [1.807, 2.05) is 18.2 Å². The Kier molecular flexibility index (Phi) is 2.74. The number of thiophene rings is 1. The lowest BCUT2D eigenvalue weighted by molar-refractivity contribution is 0.174. The van der Waals surface area contributed by atoms with E-state index in [-0.39, 0.29) is 6.04 Å². The lowest BCUT2D eigenvalue weighted by Crippen LogP contribution is -2.12. The molecule has 2 heterocycles. The van der Waals surface area contributed by atoms with Crippen molar-refractivity contribution in [2.75, 3.05) is 6.79 Å². The second kappa shape index (κ2) is 4.39. The van der Waals surface area contributed by atoms with Crippen LogP contribution in [0.15, 0.2) is 35.0 Å². The first-order valence-electron chi connectivity index (χ1n) is 5.49. The molecule has 1 aliphatic rings. The van der Waals surface area contributed by atoms with Crippen LogP contribution in [0.25, 0.3) is 0 Å². The Morgan fingerprint density at radius 3 is 2.94 bits per heavy atom. The van der Waals surface area contributed by atoms with E-state index in [4.69, 9.17) is 15.2 Å². The third-order valence-corrected chi connectivity index (χ3v) is 3.59. The maximum Gasteiger partial charge on any atom is 0.231 e. The van der Waals surface area contributed by atoms with Gasteiger partial charge in [0.15, 0.2) is 11.5 Å². The van der Waals surface area contributed by atoms with Gasteiger partial charge < -0.3 is 15.2 Å². The summed E-state index contributed by atoms with van der Waals surface area (Å²) >= 11 is 1.70. The number of hydrogen-bond donors (Lipinski definition) is 1. The highest BCUT2D eigenvalue weighted by molar-refractivity contribution is 7.07. The molecule has 1 unspecified atom stereocenters. The Bertz CT molecular complexity index is 510. The maximum atomic E-state index is 6.19. The van der Waals surface area contributed by atoms with Crippen molar-refractivity contribution in [1.29, 1.82) is 0 Å². The van der Waals surface area contributed by atoms with Crippen LogP contribution in [-0.4, -0.2) is 6.79 Å². The first kappa shape index (κ1) is 10.6. The molecule has 88 valence electrons. The van der Waals surface area contributed by atoms with Gasteiger partial charge in [0, 0.05) is 6.04 Å². The molecule has 0 fully saturated rings. The van der Waals surface area contributed by atoms with Crippen molar-refractivity contribution in [2.45, 2.75) is 12.5 Å². The van der Waals surface area contributed by atoms with Crippen LogP contribution in [0, 0.1) is 0 Å². The molecule has 1 aliphatic heterocycles. The Balaban J connectivity index is 1.79. The number of ether oxygens (including phenoxy) is 2. The molecule has 3 nitrogen and oxygen atoms in total. The fourth-order valence-electron chi connectivity index (χ4n) is 1.92. The fourth-order valence-corrected chi connectivity index (χ4v) is 2.61. The summed E-state index contributed by atoms with van der Waals surface area (Å²) in [4.78, 5) is 0. The van der Waals surface area contributed by atoms with E-state index in [1.165, 1.54) is 5.56 Å². The van der Waals surface area contributed by atoms with Gasteiger partial charge in [0.1, 0.15) is 0 Å². The molecule has 0 amide bonds. The van der Waals surface area contributed by atoms with Gasteiger partial charge in [-0.3, -0.25) is 0 Å². The number of hydrogen-bond acceptors (Lipinski definition) is 4. The van der Waals surface area contributed by atoms with E-state index in [9.17, 15) is 0 Å². The molecular weight excluding hydrogens is 234 g/mol. The smallest absolute Gasteiger partial charge is 0.231 e. The van der Waals surface area contributed by atoms with Crippen LogP contribution in [0.4, 0.5) is 0 Å². The van der Waals surface area contributed by atoms with Gasteiger partial charge in [0.2, 0.25) is 6.79 Å². The summed E-state index contributed by atoms with van der Waals surface area (Å²) in [7, 11) is 0. The van der Waals surface area contributed by atoms with E-state index in [0.717, 1.165) is 23.5 Å². The molecule has 1 aromatic carbocycles. The molecule has 2 N–H and O–H groups in total. The van der Waals surface area contributed by atoms with Crippen LogP contribution in [0.3, 0.4) is 0 Å². The summed E-state index contributed by atoms with van der Waals surface area (Å²) in [5.41, 5.74) is 8.55. The number of rotatable bonds is 3. The van der Waals surface area contributed by atoms with Crippen LogP contribution < -0.4 is 15.2 Å². The summed E-state index contributed by atoms with van der Waals surface area (Å²) in [5.74, 6) is 1.60. The number of benzene rings is 1. The number of nitrogens with two attached hydrogens (primary N) is 1. The van der Waals surface area contributed by atoms with Gasteiger partial charge in [-0.25, -0.2) is 0 Å². The average Bonchev–Trinajstić information content (AvgIpc) is 2.97. The zero-order chi connectivity index (χ0) is 11.7. The summed E-state index contributed by atoms with van der Waals surface area (Å²) in [5, 5.41) is 4.20. The lowest BCUT2D eigenvalue weighted by atomic mass is 10.0. The molecule has 0 saturated carbocycles. The van der Waals surface area contributed by atoms with Gasteiger partial charge in [-0.1, -0.05) is 6.07 Å². The van der Waals surface area contributed by atoms with Crippen LogP contribution in [-0.2, 0) is 6.42 Å².